The van der Waals surface area contributed by atoms with Gasteiger partial charge in [0.15, 0.2) is 0 Å². The lowest BCUT2D eigenvalue weighted by Crippen LogP contribution is -2.42. The van der Waals surface area contributed by atoms with Crippen molar-refractivity contribution in [2.75, 3.05) is 54.9 Å². The first-order valence-corrected chi connectivity index (χ1v) is 14.3. The lowest BCUT2D eigenvalue weighted by molar-refractivity contribution is 0.122. The third-order valence-corrected chi connectivity index (χ3v) is 8.69. The van der Waals surface area contributed by atoms with Crippen molar-refractivity contribution in [1.82, 2.24) is 20.3 Å². The van der Waals surface area contributed by atoms with E-state index < -0.39 is 0 Å². The summed E-state index contributed by atoms with van der Waals surface area (Å²) < 4.78 is 6.53. The topological polar surface area (TPSA) is 133 Å². The average molecular weight is 525 g/mol. The summed E-state index contributed by atoms with van der Waals surface area (Å²) in [6, 6.07) is 6.74. The van der Waals surface area contributed by atoms with Crippen LogP contribution in [0.25, 0.3) is 20.8 Å². The molecule has 6 N–H and O–H groups in total. The molecule has 3 aliphatic rings. The molecule has 6 rings (SSSR count). The Bertz CT molecular complexity index is 1280. The number of nitrogens with two attached hydrogens (primary N) is 1. The summed E-state index contributed by atoms with van der Waals surface area (Å²) in [4.78, 5) is 28.6. The van der Waals surface area contributed by atoms with Crippen molar-refractivity contribution < 1.29 is 4.74 Å². The number of thiazole rings is 1. The van der Waals surface area contributed by atoms with E-state index >= 15 is 0 Å². The number of ether oxygens (including phenoxy) is 1. The van der Waals surface area contributed by atoms with E-state index in [0.717, 1.165) is 54.7 Å². The fourth-order valence-corrected chi connectivity index (χ4v) is 6.60. The van der Waals surface area contributed by atoms with Gasteiger partial charge in [0.25, 0.3) is 5.56 Å². The normalized spacial score (nSPS) is 24.8. The molecule has 4 heterocycles. The Morgan fingerprint density at radius 2 is 1.95 bits per heavy atom. The lowest BCUT2D eigenvalue weighted by Gasteiger charge is -2.30. The Labute approximate surface area is 220 Å². The van der Waals surface area contributed by atoms with E-state index in [1.54, 1.807) is 0 Å². The van der Waals surface area contributed by atoms with Crippen molar-refractivity contribution in [1.29, 1.82) is 0 Å². The first kappa shape index (κ1) is 24.6. The molecule has 10 nitrogen and oxygen atoms in total. The zero-order valence-corrected chi connectivity index (χ0v) is 21.9. The highest BCUT2D eigenvalue weighted by molar-refractivity contribution is 7.21. The molecule has 198 valence electrons. The molecular formula is C26H36N8O2S. The maximum atomic E-state index is 13.6. The summed E-state index contributed by atoms with van der Waals surface area (Å²) in [5.41, 5.74) is 8.59. The van der Waals surface area contributed by atoms with Crippen LogP contribution in [0.5, 0.6) is 0 Å². The third-order valence-electron chi connectivity index (χ3n) is 7.65. The lowest BCUT2D eigenvalue weighted by atomic mass is 9.91. The number of nitrogens with zero attached hydrogens (tertiary/aromatic N) is 3. The number of fused-ring (bicyclic) bond motifs is 1. The molecule has 0 spiro atoms. The molecule has 2 aliphatic heterocycles. The van der Waals surface area contributed by atoms with Crippen molar-refractivity contribution in [3.8, 4) is 10.6 Å². The summed E-state index contributed by atoms with van der Waals surface area (Å²) >= 11 is 1.53. The molecule has 11 heteroatoms. The minimum absolute atomic E-state index is 0.141. The number of rotatable bonds is 6. The fraction of sp³-hybridized carbons (Fsp3) is 0.577. The second kappa shape index (κ2) is 10.9. The summed E-state index contributed by atoms with van der Waals surface area (Å²) in [5.74, 6) is 1.18. The molecule has 0 amide bonds. The molecular weight excluding hydrogens is 488 g/mol. The number of benzene rings is 1. The van der Waals surface area contributed by atoms with E-state index in [9.17, 15) is 4.79 Å². The summed E-state index contributed by atoms with van der Waals surface area (Å²) in [6.07, 6.45) is 6.59. The van der Waals surface area contributed by atoms with Gasteiger partial charge in [-0.3, -0.25) is 9.78 Å². The SMILES string of the molecule is N[C@H]1CCCC[C@H]1Nc1cccc2sc(-c3c(NC4CCCNC4)nc(N4CCOCC4)[nH]c3=O)nc12. The van der Waals surface area contributed by atoms with Crippen molar-refractivity contribution in [2.24, 2.45) is 5.73 Å². The van der Waals surface area contributed by atoms with E-state index in [2.05, 4.69) is 38.0 Å². The molecule has 1 aromatic carbocycles. The van der Waals surface area contributed by atoms with Crippen molar-refractivity contribution in [3.63, 3.8) is 0 Å². The molecule has 0 bridgehead atoms. The number of nitrogens with one attached hydrogen (secondary N) is 4. The number of aromatic nitrogens is 3. The van der Waals surface area contributed by atoms with E-state index in [-0.39, 0.29) is 23.7 Å². The smallest absolute Gasteiger partial charge is 0.264 e. The molecule has 37 heavy (non-hydrogen) atoms. The van der Waals surface area contributed by atoms with Crippen LogP contribution in [0.3, 0.4) is 0 Å². The second-order valence-electron chi connectivity index (χ2n) is 10.3. The number of hydrogen-bond donors (Lipinski definition) is 5. The minimum Gasteiger partial charge on any atom is -0.379 e. The first-order valence-electron chi connectivity index (χ1n) is 13.5. The predicted molar refractivity (Wildman–Crippen MR) is 150 cm³/mol. The van der Waals surface area contributed by atoms with Gasteiger partial charge in [-0.15, -0.1) is 11.3 Å². The monoisotopic (exact) mass is 524 g/mol. The van der Waals surface area contributed by atoms with Crippen LogP contribution in [0.4, 0.5) is 17.5 Å². The third kappa shape index (κ3) is 5.31. The van der Waals surface area contributed by atoms with Crippen LogP contribution in [-0.4, -0.2) is 72.5 Å². The summed E-state index contributed by atoms with van der Waals surface area (Å²) in [7, 11) is 0. The molecule has 3 fully saturated rings. The van der Waals surface area contributed by atoms with Crippen molar-refractivity contribution in [2.45, 2.75) is 56.7 Å². The zero-order valence-electron chi connectivity index (χ0n) is 21.1. The average Bonchev–Trinajstić information content (AvgIpc) is 3.35. The fourth-order valence-electron chi connectivity index (χ4n) is 5.57. The van der Waals surface area contributed by atoms with Crippen molar-refractivity contribution in [3.05, 3.63) is 28.6 Å². The largest absolute Gasteiger partial charge is 0.379 e. The van der Waals surface area contributed by atoms with E-state index in [0.29, 0.717) is 48.6 Å². The number of aromatic amines is 1. The quantitative estimate of drug-likeness (QED) is 0.330. The molecule has 3 atom stereocenters. The summed E-state index contributed by atoms with van der Waals surface area (Å²) in [6.45, 7) is 4.51. The molecule has 2 aromatic heterocycles. The van der Waals surface area contributed by atoms with Gasteiger partial charge in [-0.05, 0) is 44.4 Å². The Hall–Kier alpha value is -2.73. The van der Waals surface area contributed by atoms with Crippen LogP contribution in [0.2, 0.25) is 0 Å². The van der Waals surface area contributed by atoms with Gasteiger partial charge in [0, 0.05) is 37.8 Å². The summed E-state index contributed by atoms with van der Waals surface area (Å²) in [5, 5.41) is 11.4. The predicted octanol–water partition coefficient (Wildman–Crippen LogP) is 2.73. The Morgan fingerprint density at radius 1 is 1.08 bits per heavy atom. The van der Waals surface area contributed by atoms with Gasteiger partial charge in [0.2, 0.25) is 5.95 Å². The van der Waals surface area contributed by atoms with E-state index in [4.69, 9.17) is 20.4 Å². The molecule has 1 unspecified atom stereocenters. The highest BCUT2D eigenvalue weighted by atomic mass is 32.1. The Morgan fingerprint density at radius 3 is 2.76 bits per heavy atom. The van der Waals surface area contributed by atoms with Gasteiger partial charge >= 0.3 is 0 Å². The van der Waals surface area contributed by atoms with Crippen LogP contribution in [0.15, 0.2) is 23.0 Å². The highest BCUT2D eigenvalue weighted by Crippen LogP contribution is 2.36. The maximum absolute atomic E-state index is 13.6. The van der Waals surface area contributed by atoms with Gasteiger partial charge in [-0.25, -0.2) is 4.98 Å². The van der Waals surface area contributed by atoms with Gasteiger partial charge < -0.3 is 31.3 Å². The molecule has 1 aliphatic carbocycles. The van der Waals surface area contributed by atoms with Crippen LogP contribution >= 0.6 is 11.3 Å². The molecule has 1 saturated carbocycles. The van der Waals surface area contributed by atoms with Crippen LogP contribution in [0.1, 0.15) is 38.5 Å². The van der Waals surface area contributed by atoms with Gasteiger partial charge in [0.1, 0.15) is 21.9 Å². The van der Waals surface area contributed by atoms with Crippen LogP contribution in [-0.2, 0) is 4.74 Å². The number of morpholine rings is 1. The zero-order chi connectivity index (χ0) is 25.2. The number of H-pyrrole nitrogens is 1. The number of hydrogen-bond acceptors (Lipinski definition) is 10. The van der Waals surface area contributed by atoms with Crippen LogP contribution < -0.4 is 32.1 Å². The number of para-hydroxylation sites is 1. The van der Waals surface area contributed by atoms with E-state index in [1.165, 1.54) is 24.2 Å². The van der Waals surface area contributed by atoms with Gasteiger partial charge in [-0.2, -0.15) is 4.98 Å². The number of anilines is 3. The molecule has 2 saturated heterocycles. The highest BCUT2D eigenvalue weighted by Gasteiger charge is 2.26. The standard InChI is InChI=1S/C26H36N8O2S/c27-17-6-1-2-7-18(17)30-19-8-3-9-20-22(19)31-25(37-20)21-23(29-16-5-4-10-28-15-16)32-26(33-24(21)35)34-11-13-36-14-12-34/h3,8-9,16-18,28,30H,1-2,4-7,10-15,27H2,(H2,29,32,33,35)/t16?,17-,18+/m0/s1. The Balaban J connectivity index is 1.38. The van der Waals surface area contributed by atoms with Crippen LogP contribution in [0, 0.1) is 0 Å². The van der Waals surface area contributed by atoms with Gasteiger partial charge in [0.05, 0.1) is 23.6 Å². The number of piperidine rings is 1. The second-order valence-corrected chi connectivity index (χ2v) is 11.3. The van der Waals surface area contributed by atoms with E-state index in [1.807, 2.05) is 6.07 Å². The molecule has 3 aromatic rings. The van der Waals surface area contributed by atoms with Crippen molar-refractivity contribution >= 4 is 39.0 Å². The maximum Gasteiger partial charge on any atom is 0.264 e. The Kier molecular flexibility index (Phi) is 7.27. The minimum atomic E-state index is -0.175. The van der Waals surface area contributed by atoms with Gasteiger partial charge in [-0.1, -0.05) is 18.9 Å². The molecule has 0 radical (unpaired) electrons. The first-order chi connectivity index (χ1) is 18.2.